The Labute approximate surface area is 423 Å². The Morgan fingerprint density at radius 2 is 1.11 bits per heavy atom. The first kappa shape index (κ1) is 54.5. The van der Waals surface area contributed by atoms with E-state index >= 15 is 0 Å². The van der Waals surface area contributed by atoms with E-state index in [1.54, 1.807) is 84.9 Å². The largest absolute Gasteiger partial charge is 1.00 e. The van der Waals surface area contributed by atoms with Crippen LogP contribution in [0.25, 0.3) is 32.8 Å². The molecule has 71 heavy (non-hydrogen) atoms. The van der Waals surface area contributed by atoms with Gasteiger partial charge in [-0.2, -0.15) is 9.97 Å². The van der Waals surface area contributed by atoms with Crippen molar-refractivity contribution in [3.8, 4) is 0 Å². The first-order valence-corrected chi connectivity index (χ1v) is 19.9. The number of fused-ring (bicyclic) bond motifs is 2. The topological polar surface area (TPSA) is 406 Å². The summed E-state index contributed by atoms with van der Waals surface area (Å²) >= 11 is 0. The minimum absolute atomic E-state index is 0. The number of hydrogen-bond donors (Lipinski definition) is 9. The van der Waals surface area contributed by atoms with Crippen LogP contribution in [0.15, 0.2) is 136 Å². The molecule has 0 bridgehead atoms. The monoisotopic (exact) mass is 975 g/mol. The SMILES string of the molecule is C.Nc1nc2ncc(CNc3ccc(C(=O)O[C@H](C(=O)O)c4ccccc4)cc3)nc2c(=O)[nH]1.O=C(O)[C@@H](O)c1ccccc1.[H-].[N-]=[N+]=NC(=O)c1ccc(NCc2cnc3nc(N)[nH]c(=O)c3n2)cc1.[Na+]. The summed E-state index contributed by atoms with van der Waals surface area (Å²) in [5.74, 6) is -3.96. The molecule has 26 heteroatoms. The first-order valence-electron chi connectivity index (χ1n) is 19.9. The molecule has 0 saturated heterocycles. The van der Waals surface area contributed by atoms with Gasteiger partial charge in [-0.3, -0.25) is 24.4 Å². The zero-order valence-corrected chi connectivity index (χ0v) is 38.5. The number of ether oxygens (including phenoxy) is 1. The quantitative estimate of drug-likeness (QED) is 0.0261. The van der Waals surface area contributed by atoms with Crippen molar-refractivity contribution in [3.63, 3.8) is 0 Å². The van der Waals surface area contributed by atoms with E-state index in [9.17, 15) is 33.9 Å². The molecule has 0 spiro atoms. The van der Waals surface area contributed by atoms with Gasteiger partial charge in [0.15, 0.2) is 28.4 Å². The summed E-state index contributed by atoms with van der Waals surface area (Å²) in [5.41, 5.74) is 22.4. The molecule has 4 heterocycles. The number of carbonyl (C=O) groups is 4. The number of amides is 1. The number of nitrogens with one attached hydrogen (secondary N) is 4. The summed E-state index contributed by atoms with van der Waals surface area (Å²) in [4.78, 5) is 101. The number of carboxylic acid groups (broad SMARTS) is 2. The summed E-state index contributed by atoms with van der Waals surface area (Å²) < 4.78 is 5.19. The number of hydrogen-bond acceptors (Lipinski definition) is 18. The van der Waals surface area contributed by atoms with Crippen LogP contribution < -0.4 is 62.8 Å². The molecule has 0 aliphatic rings. The van der Waals surface area contributed by atoms with Gasteiger partial charge in [0, 0.05) is 27.4 Å². The number of aliphatic hydroxyl groups is 1. The minimum atomic E-state index is -1.41. The number of aromatic nitrogens is 8. The van der Waals surface area contributed by atoms with Crippen LogP contribution in [0.1, 0.15) is 64.3 Å². The van der Waals surface area contributed by atoms with E-state index in [-0.39, 0.29) is 90.3 Å². The molecular formula is C45H42N15NaO10. The Morgan fingerprint density at radius 1 is 0.676 bits per heavy atom. The molecule has 25 nitrogen and oxygen atoms in total. The van der Waals surface area contributed by atoms with Crippen molar-refractivity contribution >= 4 is 69.4 Å². The summed E-state index contributed by atoms with van der Waals surface area (Å²) in [5, 5.41) is 36.0. The van der Waals surface area contributed by atoms with Crippen molar-refractivity contribution in [3.05, 3.63) is 186 Å². The second-order valence-corrected chi connectivity index (χ2v) is 14.0. The number of esters is 1. The van der Waals surface area contributed by atoms with Crippen molar-refractivity contribution < 1.29 is 70.2 Å². The van der Waals surface area contributed by atoms with Crippen LogP contribution in [0, 0.1) is 0 Å². The number of azide groups is 1. The van der Waals surface area contributed by atoms with Crippen molar-refractivity contribution in [2.45, 2.75) is 32.7 Å². The molecule has 4 aromatic heterocycles. The van der Waals surface area contributed by atoms with Gasteiger partial charge in [-0.1, -0.05) is 68.1 Å². The smallest absolute Gasteiger partial charge is 1.00 e. The van der Waals surface area contributed by atoms with Crippen LogP contribution in [0.5, 0.6) is 0 Å². The number of nitrogen functional groups attached to an aromatic ring is 2. The number of aliphatic hydroxyl groups excluding tert-OH is 1. The number of rotatable bonds is 13. The number of aromatic amines is 2. The number of anilines is 4. The predicted octanol–water partition coefficient (Wildman–Crippen LogP) is 1.81. The zero-order valence-electron chi connectivity index (χ0n) is 37.5. The van der Waals surface area contributed by atoms with E-state index in [2.05, 4.69) is 60.5 Å². The molecule has 8 aromatic rings. The van der Waals surface area contributed by atoms with Gasteiger partial charge in [-0.05, 0) is 64.7 Å². The number of carbonyl (C=O) groups excluding carboxylic acids is 2. The van der Waals surface area contributed by atoms with Crippen LogP contribution in [0.3, 0.4) is 0 Å². The molecule has 0 aliphatic carbocycles. The average molecular weight is 976 g/mol. The fourth-order valence-electron chi connectivity index (χ4n) is 5.89. The van der Waals surface area contributed by atoms with E-state index in [1.807, 2.05) is 0 Å². The maximum atomic E-state index is 12.4. The zero-order chi connectivity index (χ0) is 49.5. The van der Waals surface area contributed by atoms with Crippen LogP contribution in [0.2, 0.25) is 0 Å². The minimum Gasteiger partial charge on any atom is -1.00 e. The Balaban J connectivity index is 0.000000310. The van der Waals surface area contributed by atoms with Crippen LogP contribution in [0.4, 0.5) is 23.3 Å². The average Bonchev–Trinajstić information content (AvgIpc) is 3.35. The maximum Gasteiger partial charge on any atom is 1.00 e. The second kappa shape index (κ2) is 25.9. The molecular weight excluding hydrogens is 934 g/mol. The molecule has 1 amide bonds. The molecule has 358 valence electrons. The molecule has 0 saturated carbocycles. The number of H-pyrrole nitrogens is 2. The van der Waals surface area contributed by atoms with Crippen molar-refractivity contribution in [2.24, 2.45) is 5.11 Å². The van der Waals surface area contributed by atoms with Crippen LogP contribution >= 0.6 is 0 Å². The number of aliphatic carboxylic acids is 2. The van der Waals surface area contributed by atoms with E-state index in [0.29, 0.717) is 40.4 Å². The summed E-state index contributed by atoms with van der Waals surface area (Å²) in [7, 11) is 0. The molecule has 4 aromatic carbocycles. The molecule has 8 rings (SSSR count). The number of benzene rings is 4. The van der Waals surface area contributed by atoms with Gasteiger partial charge >= 0.3 is 47.5 Å². The van der Waals surface area contributed by atoms with E-state index in [1.165, 1.54) is 36.7 Å². The van der Waals surface area contributed by atoms with Crippen LogP contribution in [-0.4, -0.2) is 79.0 Å². The molecule has 0 radical (unpaired) electrons. The van der Waals surface area contributed by atoms with Gasteiger partial charge in [0.2, 0.25) is 23.9 Å². The first-order chi connectivity index (χ1) is 33.2. The molecule has 0 aliphatic heterocycles. The Morgan fingerprint density at radius 3 is 1.54 bits per heavy atom. The van der Waals surface area contributed by atoms with Gasteiger partial charge in [0.05, 0.1) is 42.4 Å². The Kier molecular flexibility index (Phi) is 19.8. The second-order valence-electron chi connectivity index (χ2n) is 14.0. The van der Waals surface area contributed by atoms with E-state index < -0.39 is 47.1 Å². The van der Waals surface area contributed by atoms with Gasteiger partial charge in [-0.25, -0.2) is 34.3 Å². The maximum absolute atomic E-state index is 12.4. The third kappa shape index (κ3) is 15.2. The summed E-state index contributed by atoms with van der Waals surface area (Å²) in [6.07, 6.45) is 0.149. The van der Waals surface area contributed by atoms with Gasteiger partial charge < -0.3 is 43.6 Å². The number of nitrogens with zero attached hydrogens (tertiary/aromatic N) is 9. The predicted molar refractivity (Wildman–Crippen MR) is 255 cm³/mol. The standard InChI is InChI=1S/C22H18N6O5.C14H11N9O2.C8H8O3.CH4.Na.H/c23-22-27-18-16(19(29)28-22)26-15(11-25-18)10-24-14-8-6-13(7-9-14)21(32)33-17(20(30)31)12-4-2-1-3-5-12;15-14-20-11-10(13(25)21-14)19-9(6-18-11)5-17-8-3-1-7(2-4-8)12(24)22-23-16;9-7(8(10)11)6-4-2-1-3-5-6;;;/h1-9,11,17,24H,10H2,(H,30,31)(H3,23,25,27,28,29);1-4,6,17H,5H2,(H3,15,18,20,21,25);1-5,7,9H,(H,10,11);1H4;;/q;;;;+1;-1/t17-;;7-;;;/m0.0.../s1. The summed E-state index contributed by atoms with van der Waals surface area (Å²) in [6, 6.07) is 29.2. The number of carboxylic acids is 2. The van der Waals surface area contributed by atoms with Crippen LogP contribution in [-0.2, 0) is 27.4 Å². The molecule has 0 unspecified atom stereocenters. The fourth-order valence-corrected chi connectivity index (χ4v) is 5.89. The molecule has 11 N–H and O–H groups in total. The normalized spacial score (nSPS) is 10.9. The summed E-state index contributed by atoms with van der Waals surface area (Å²) in [6.45, 7) is 0.558. The van der Waals surface area contributed by atoms with Crippen molar-refractivity contribution in [2.75, 3.05) is 22.1 Å². The number of nitrogens with two attached hydrogens (primary N) is 2. The fraction of sp³-hybridized carbons (Fsp3) is 0.111. The van der Waals surface area contributed by atoms with E-state index in [4.69, 9.17) is 31.9 Å². The van der Waals surface area contributed by atoms with E-state index in [0.717, 1.165) is 0 Å². The van der Waals surface area contributed by atoms with Gasteiger partial charge in [0.1, 0.15) is 0 Å². The van der Waals surface area contributed by atoms with Gasteiger partial charge in [0.25, 0.3) is 11.1 Å². The van der Waals surface area contributed by atoms with Crippen molar-refractivity contribution in [1.29, 1.82) is 0 Å². The third-order valence-electron chi connectivity index (χ3n) is 9.21. The Hall–Kier alpha value is -9.13. The molecule has 2 atom stereocenters. The Bertz CT molecular complexity index is 3310. The third-order valence-corrected chi connectivity index (χ3v) is 9.21. The molecule has 0 fully saturated rings. The van der Waals surface area contributed by atoms with Gasteiger partial charge in [-0.15, -0.1) is 0 Å². The van der Waals surface area contributed by atoms with Crippen molar-refractivity contribution in [1.82, 2.24) is 39.9 Å².